The molecule has 0 saturated carbocycles. The molecule has 0 unspecified atom stereocenters. The van der Waals surface area contributed by atoms with Crippen molar-refractivity contribution < 1.29 is 4.42 Å². The minimum atomic E-state index is 0.918. The fourth-order valence-electron chi connectivity index (χ4n) is 3.12. The number of thiophene rings is 1. The first-order chi connectivity index (χ1) is 11.3. The van der Waals surface area contributed by atoms with Gasteiger partial charge in [0.1, 0.15) is 11.2 Å². The molecule has 5 aromatic rings. The lowest BCUT2D eigenvalue weighted by Crippen LogP contribution is -1.76. The van der Waals surface area contributed by atoms with Crippen LogP contribution in [-0.2, 0) is 0 Å². The zero-order valence-corrected chi connectivity index (χ0v) is 14.4. The standard InChI is InChI=1S/C20H11BrOS/c21-15-10-9-14(18-11-12-5-1-4-8-17(12)23-18)19-13-6-2-3-7-16(13)22-20(15)19/h1-11H. The number of rotatable bonds is 1. The maximum atomic E-state index is 6.08. The lowest BCUT2D eigenvalue weighted by Gasteiger charge is -2.01. The second-order valence-electron chi connectivity index (χ2n) is 5.55. The second-order valence-corrected chi connectivity index (χ2v) is 7.48. The lowest BCUT2D eigenvalue weighted by molar-refractivity contribution is 0.667. The molecular formula is C20H11BrOS. The van der Waals surface area contributed by atoms with Crippen LogP contribution in [0.25, 0.3) is 42.5 Å². The molecule has 0 spiro atoms. The van der Waals surface area contributed by atoms with Gasteiger partial charge in [0.15, 0.2) is 0 Å². The third-order valence-electron chi connectivity index (χ3n) is 4.17. The van der Waals surface area contributed by atoms with E-state index in [9.17, 15) is 0 Å². The molecule has 0 saturated heterocycles. The van der Waals surface area contributed by atoms with Gasteiger partial charge in [0.05, 0.1) is 4.47 Å². The van der Waals surface area contributed by atoms with Crippen molar-refractivity contribution in [2.24, 2.45) is 0 Å². The zero-order chi connectivity index (χ0) is 15.4. The van der Waals surface area contributed by atoms with Crippen molar-refractivity contribution in [2.75, 3.05) is 0 Å². The Bertz CT molecular complexity index is 1150. The summed E-state index contributed by atoms with van der Waals surface area (Å²) in [6.45, 7) is 0. The van der Waals surface area contributed by atoms with E-state index in [2.05, 4.69) is 70.5 Å². The van der Waals surface area contributed by atoms with Crippen LogP contribution in [0.1, 0.15) is 0 Å². The molecule has 0 radical (unpaired) electrons. The first-order valence-corrected chi connectivity index (χ1v) is 9.01. The van der Waals surface area contributed by atoms with E-state index in [0.717, 1.165) is 21.0 Å². The fourth-order valence-corrected chi connectivity index (χ4v) is 4.62. The Hall–Kier alpha value is -2.10. The van der Waals surface area contributed by atoms with Crippen molar-refractivity contribution in [3.63, 3.8) is 0 Å². The summed E-state index contributed by atoms with van der Waals surface area (Å²) in [5.74, 6) is 0. The van der Waals surface area contributed by atoms with Gasteiger partial charge < -0.3 is 4.42 Å². The van der Waals surface area contributed by atoms with Gasteiger partial charge in [-0.25, -0.2) is 0 Å². The first kappa shape index (κ1) is 13.3. The Labute approximate surface area is 145 Å². The number of furan rings is 1. The molecule has 1 nitrogen and oxygen atoms in total. The van der Waals surface area contributed by atoms with Gasteiger partial charge in [-0.05, 0) is 45.6 Å². The van der Waals surface area contributed by atoms with E-state index in [1.165, 1.54) is 25.9 Å². The number of hydrogen-bond donors (Lipinski definition) is 0. The predicted molar refractivity (Wildman–Crippen MR) is 102 cm³/mol. The van der Waals surface area contributed by atoms with Gasteiger partial charge >= 0.3 is 0 Å². The van der Waals surface area contributed by atoms with Crippen molar-refractivity contribution >= 4 is 59.3 Å². The van der Waals surface area contributed by atoms with Crippen LogP contribution >= 0.6 is 27.3 Å². The Balaban J connectivity index is 1.92. The van der Waals surface area contributed by atoms with E-state index < -0.39 is 0 Å². The quantitative estimate of drug-likeness (QED) is 0.299. The normalized spacial score (nSPS) is 11.7. The van der Waals surface area contributed by atoms with Gasteiger partial charge in [-0.3, -0.25) is 0 Å². The van der Waals surface area contributed by atoms with Crippen LogP contribution in [0.2, 0.25) is 0 Å². The highest BCUT2D eigenvalue weighted by molar-refractivity contribution is 9.10. The van der Waals surface area contributed by atoms with Crippen molar-refractivity contribution in [3.05, 3.63) is 71.2 Å². The largest absolute Gasteiger partial charge is 0.455 e. The van der Waals surface area contributed by atoms with E-state index in [1.54, 1.807) is 0 Å². The molecule has 2 aromatic heterocycles. The SMILES string of the molecule is Brc1ccc(-c2cc3ccccc3s2)c2c1oc1ccccc12. The summed E-state index contributed by atoms with van der Waals surface area (Å²) in [6.07, 6.45) is 0. The van der Waals surface area contributed by atoms with Crippen LogP contribution in [-0.4, -0.2) is 0 Å². The Kier molecular flexibility index (Phi) is 2.87. The highest BCUT2D eigenvalue weighted by Crippen LogP contribution is 2.43. The van der Waals surface area contributed by atoms with Gasteiger partial charge in [-0.15, -0.1) is 11.3 Å². The van der Waals surface area contributed by atoms with Crippen LogP contribution in [0.4, 0.5) is 0 Å². The molecule has 0 N–H and O–H groups in total. The molecule has 3 heteroatoms. The minimum Gasteiger partial charge on any atom is -0.455 e. The van der Waals surface area contributed by atoms with Crippen LogP contribution in [0, 0.1) is 0 Å². The number of para-hydroxylation sites is 1. The molecule has 5 rings (SSSR count). The highest BCUT2D eigenvalue weighted by atomic mass is 79.9. The third kappa shape index (κ3) is 1.97. The average molecular weight is 379 g/mol. The smallest absolute Gasteiger partial charge is 0.150 e. The molecule has 23 heavy (non-hydrogen) atoms. The molecule has 3 aromatic carbocycles. The third-order valence-corrected chi connectivity index (χ3v) is 5.94. The van der Waals surface area contributed by atoms with Gasteiger partial charge in [0.2, 0.25) is 0 Å². The van der Waals surface area contributed by atoms with Crippen molar-refractivity contribution in [2.45, 2.75) is 0 Å². The second kappa shape index (κ2) is 4.95. The zero-order valence-electron chi connectivity index (χ0n) is 12.0. The van der Waals surface area contributed by atoms with Crippen LogP contribution in [0.5, 0.6) is 0 Å². The molecule has 0 bridgehead atoms. The van der Waals surface area contributed by atoms with Crippen molar-refractivity contribution in [3.8, 4) is 10.4 Å². The molecule has 2 heterocycles. The predicted octanol–water partition coefficient (Wildman–Crippen LogP) is 7.23. The van der Waals surface area contributed by atoms with Gasteiger partial charge in [0, 0.05) is 25.9 Å². The number of halogens is 1. The van der Waals surface area contributed by atoms with Crippen LogP contribution in [0.15, 0.2) is 75.6 Å². The van der Waals surface area contributed by atoms with E-state index in [0.29, 0.717) is 0 Å². The summed E-state index contributed by atoms with van der Waals surface area (Å²) in [7, 11) is 0. The van der Waals surface area contributed by atoms with Gasteiger partial charge in [-0.1, -0.05) is 42.5 Å². The van der Waals surface area contributed by atoms with E-state index in [-0.39, 0.29) is 0 Å². The summed E-state index contributed by atoms with van der Waals surface area (Å²) < 4.78 is 8.38. The lowest BCUT2D eigenvalue weighted by atomic mass is 10.0. The summed E-state index contributed by atoms with van der Waals surface area (Å²) in [6, 6.07) is 23.3. The van der Waals surface area contributed by atoms with Gasteiger partial charge in [0.25, 0.3) is 0 Å². The number of fused-ring (bicyclic) bond motifs is 4. The Morgan fingerprint density at radius 3 is 2.61 bits per heavy atom. The molecule has 0 amide bonds. The van der Waals surface area contributed by atoms with E-state index >= 15 is 0 Å². The number of hydrogen-bond acceptors (Lipinski definition) is 2. The van der Waals surface area contributed by atoms with Crippen molar-refractivity contribution in [1.29, 1.82) is 0 Å². The number of benzene rings is 3. The molecule has 0 aliphatic carbocycles. The Morgan fingerprint density at radius 1 is 0.870 bits per heavy atom. The molecular weight excluding hydrogens is 368 g/mol. The molecule has 110 valence electrons. The van der Waals surface area contributed by atoms with E-state index in [1.807, 2.05) is 23.5 Å². The topological polar surface area (TPSA) is 13.1 Å². The summed E-state index contributed by atoms with van der Waals surface area (Å²) >= 11 is 5.45. The summed E-state index contributed by atoms with van der Waals surface area (Å²) in [5.41, 5.74) is 3.08. The maximum Gasteiger partial charge on any atom is 0.150 e. The molecule has 0 fully saturated rings. The molecule has 0 aliphatic heterocycles. The molecule has 0 atom stereocenters. The first-order valence-electron chi connectivity index (χ1n) is 7.40. The van der Waals surface area contributed by atoms with Gasteiger partial charge in [-0.2, -0.15) is 0 Å². The fraction of sp³-hybridized carbons (Fsp3) is 0. The van der Waals surface area contributed by atoms with Crippen LogP contribution in [0.3, 0.4) is 0 Å². The van der Waals surface area contributed by atoms with Crippen LogP contribution < -0.4 is 0 Å². The molecule has 0 aliphatic rings. The van der Waals surface area contributed by atoms with E-state index in [4.69, 9.17) is 4.42 Å². The average Bonchev–Trinajstić information content (AvgIpc) is 3.17. The minimum absolute atomic E-state index is 0.918. The summed E-state index contributed by atoms with van der Waals surface area (Å²) in [5, 5.41) is 3.63. The summed E-state index contributed by atoms with van der Waals surface area (Å²) in [4.78, 5) is 1.27. The maximum absolute atomic E-state index is 6.08. The van der Waals surface area contributed by atoms with Crippen molar-refractivity contribution in [1.82, 2.24) is 0 Å². The monoisotopic (exact) mass is 378 g/mol. The highest BCUT2D eigenvalue weighted by Gasteiger charge is 2.16. The Morgan fingerprint density at radius 2 is 1.70 bits per heavy atom.